The van der Waals surface area contributed by atoms with E-state index in [9.17, 15) is 4.79 Å². The van der Waals surface area contributed by atoms with Crippen molar-refractivity contribution in [1.29, 1.82) is 0 Å². The van der Waals surface area contributed by atoms with Crippen molar-refractivity contribution in [1.82, 2.24) is 19.9 Å². The molecule has 27 heavy (non-hydrogen) atoms. The van der Waals surface area contributed by atoms with Gasteiger partial charge in [-0.25, -0.2) is 9.97 Å². The van der Waals surface area contributed by atoms with Crippen molar-refractivity contribution >= 4 is 16.5 Å². The molecule has 0 saturated carbocycles. The van der Waals surface area contributed by atoms with Gasteiger partial charge in [0.25, 0.3) is 5.56 Å². The zero-order chi connectivity index (χ0) is 18.4. The normalized spacial score (nSPS) is 30.9. The van der Waals surface area contributed by atoms with Gasteiger partial charge < -0.3 is 14.6 Å². The monoisotopic (exact) mass is 387 g/mol. The minimum absolute atomic E-state index is 0.0620. The minimum atomic E-state index is -0.0657. The number of hydrogen-bond acceptors (Lipinski definition) is 7. The molecule has 0 aliphatic carbocycles. The Morgan fingerprint density at radius 1 is 1.37 bits per heavy atom. The van der Waals surface area contributed by atoms with Crippen LogP contribution in [0.5, 0.6) is 0 Å². The number of aromatic amines is 1. The van der Waals surface area contributed by atoms with Crippen LogP contribution in [0.2, 0.25) is 0 Å². The van der Waals surface area contributed by atoms with Gasteiger partial charge >= 0.3 is 0 Å². The molecule has 7 nitrogen and oxygen atoms in total. The number of rotatable bonds is 3. The summed E-state index contributed by atoms with van der Waals surface area (Å²) in [4.78, 5) is 28.5. The Morgan fingerprint density at radius 3 is 2.89 bits per heavy atom. The molecule has 1 unspecified atom stereocenters. The first-order valence-corrected chi connectivity index (χ1v) is 10.6. The van der Waals surface area contributed by atoms with Crippen molar-refractivity contribution in [2.45, 2.75) is 56.8 Å². The van der Waals surface area contributed by atoms with E-state index in [1.807, 2.05) is 18.5 Å². The van der Waals surface area contributed by atoms with Crippen LogP contribution in [-0.4, -0.2) is 57.2 Å². The maximum Gasteiger partial charge on any atom is 0.251 e. The summed E-state index contributed by atoms with van der Waals surface area (Å²) in [6.07, 6.45) is 6.39. The van der Waals surface area contributed by atoms with Crippen molar-refractivity contribution in [3.05, 3.63) is 39.5 Å². The zero-order valence-electron chi connectivity index (χ0n) is 15.6. The smallest absolute Gasteiger partial charge is 0.251 e. The van der Waals surface area contributed by atoms with Gasteiger partial charge in [-0.2, -0.15) is 0 Å². The quantitative estimate of drug-likeness (QED) is 0.868. The Labute approximate surface area is 162 Å². The Bertz CT molecular complexity index is 853. The predicted octanol–water partition coefficient (Wildman–Crippen LogP) is 1.94. The van der Waals surface area contributed by atoms with Gasteiger partial charge in [0, 0.05) is 49.4 Å². The molecule has 3 saturated heterocycles. The van der Waals surface area contributed by atoms with Crippen LogP contribution in [0.15, 0.2) is 22.4 Å². The lowest BCUT2D eigenvalue weighted by Crippen LogP contribution is -2.60. The number of anilines is 1. The van der Waals surface area contributed by atoms with Crippen LogP contribution in [0.4, 0.5) is 5.13 Å². The molecule has 0 radical (unpaired) electrons. The lowest BCUT2D eigenvalue weighted by atomic mass is 9.84. The molecule has 5 heterocycles. The number of nitrogens with zero attached hydrogens (tertiary/aromatic N) is 4. The van der Waals surface area contributed by atoms with E-state index in [0.29, 0.717) is 17.9 Å². The SMILES string of the molecule is Cc1nc(CN2[C@@H]3CC[C@H]2CC2(C3)CN(c3nccs3)CCO2)cc(=O)[nH]1. The third-order valence-corrected chi connectivity index (χ3v) is 7.01. The first-order chi connectivity index (χ1) is 13.1. The fourth-order valence-electron chi connectivity index (χ4n) is 5.19. The van der Waals surface area contributed by atoms with Gasteiger partial charge in [-0.1, -0.05) is 0 Å². The highest BCUT2D eigenvalue weighted by Crippen LogP contribution is 2.45. The average molecular weight is 388 g/mol. The van der Waals surface area contributed by atoms with Crippen LogP contribution < -0.4 is 10.5 Å². The molecule has 3 aliphatic heterocycles. The molecule has 8 heteroatoms. The molecule has 1 spiro atoms. The Hall–Kier alpha value is -1.77. The second-order valence-corrected chi connectivity index (χ2v) is 8.93. The molecule has 0 aromatic carbocycles. The lowest BCUT2D eigenvalue weighted by molar-refractivity contribution is -0.112. The van der Waals surface area contributed by atoms with Gasteiger partial charge in [-0.05, 0) is 32.6 Å². The minimum Gasteiger partial charge on any atom is -0.371 e. The molecule has 0 amide bonds. The Balaban J connectivity index is 1.33. The zero-order valence-corrected chi connectivity index (χ0v) is 16.4. The highest BCUT2D eigenvalue weighted by Gasteiger charge is 2.51. The summed E-state index contributed by atoms with van der Waals surface area (Å²) in [5.74, 6) is 0.688. The van der Waals surface area contributed by atoms with Gasteiger partial charge in [-0.3, -0.25) is 9.69 Å². The molecule has 144 valence electrons. The van der Waals surface area contributed by atoms with Crippen LogP contribution in [0.25, 0.3) is 0 Å². The number of ether oxygens (including phenoxy) is 1. The molecule has 1 N–H and O–H groups in total. The second kappa shape index (κ2) is 6.68. The number of hydrogen-bond donors (Lipinski definition) is 1. The molecular formula is C19H25N5O2S. The van der Waals surface area contributed by atoms with Gasteiger partial charge in [-0.15, -0.1) is 11.3 Å². The highest BCUT2D eigenvalue weighted by molar-refractivity contribution is 7.13. The number of nitrogens with one attached hydrogen (secondary N) is 1. The molecule has 3 aliphatic rings. The van der Waals surface area contributed by atoms with Gasteiger partial charge in [0.2, 0.25) is 0 Å². The molecule has 3 atom stereocenters. The van der Waals surface area contributed by atoms with E-state index in [1.165, 1.54) is 12.8 Å². The topological polar surface area (TPSA) is 74.4 Å². The summed E-state index contributed by atoms with van der Waals surface area (Å²) >= 11 is 1.71. The van der Waals surface area contributed by atoms with Gasteiger partial charge in [0.15, 0.2) is 5.13 Å². The third-order valence-electron chi connectivity index (χ3n) is 6.18. The summed E-state index contributed by atoms with van der Waals surface area (Å²) in [6.45, 7) is 5.22. The largest absolute Gasteiger partial charge is 0.371 e. The molecular weight excluding hydrogens is 362 g/mol. The molecule has 2 aromatic rings. The summed E-state index contributed by atoms with van der Waals surface area (Å²) in [6, 6.07) is 2.64. The second-order valence-electron chi connectivity index (χ2n) is 8.06. The Kier molecular flexibility index (Phi) is 4.29. The average Bonchev–Trinajstić information content (AvgIpc) is 3.23. The fourth-order valence-corrected chi connectivity index (χ4v) is 5.86. The molecule has 2 aromatic heterocycles. The summed E-state index contributed by atoms with van der Waals surface area (Å²) in [5, 5.41) is 3.15. The van der Waals surface area contributed by atoms with Crippen LogP contribution in [0.1, 0.15) is 37.2 Å². The van der Waals surface area contributed by atoms with Gasteiger partial charge in [0.1, 0.15) is 5.82 Å². The molecule has 2 bridgehead atoms. The third kappa shape index (κ3) is 3.30. The number of morpholine rings is 1. The summed E-state index contributed by atoms with van der Waals surface area (Å²) in [5.41, 5.74) is 0.745. The maximum atomic E-state index is 11.8. The van der Waals surface area contributed by atoms with Crippen molar-refractivity contribution in [2.24, 2.45) is 0 Å². The van der Waals surface area contributed by atoms with Crippen molar-refractivity contribution in [2.75, 3.05) is 24.6 Å². The van der Waals surface area contributed by atoms with E-state index in [1.54, 1.807) is 17.4 Å². The summed E-state index contributed by atoms with van der Waals surface area (Å²) in [7, 11) is 0. The number of aryl methyl sites for hydroxylation is 1. The van der Waals surface area contributed by atoms with E-state index < -0.39 is 0 Å². The van der Waals surface area contributed by atoms with Crippen LogP contribution >= 0.6 is 11.3 Å². The van der Waals surface area contributed by atoms with Crippen molar-refractivity contribution in [3.8, 4) is 0 Å². The van der Waals surface area contributed by atoms with E-state index in [0.717, 1.165) is 49.9 Å². The predicted molar refractivity (Wildman–Crippen MR) is 104 cm³/mol. The fraction of sp³-hybridized carbons (Fsp3) is 0.632. The van der Waals surface area contributed by atoms with Crippen LogP contribution in [0.3, 0.4) is 0 Å². The van der Waals surface area contributed by atoms with E-state index in [-0.39, 0.29) is 11.2 Å². The van der Waals surface area contributed by atoms with E-state index in [2.05, 4.69) is 24.8 Å². The first-order valence-electron chi connectivity index (χ1n) is 9.71. The molecule has 3 fully saturated rings. The summed E-state index contributed by atoms with van der Waals surface area (Å²) < 4.78 is 6.39. The number of thiazole rings is 1. The standard InChI is InChI=1S/C19H25N5O2S/c1-13-21-14(8-17(25)22-13)11-24-15-2-3-16(24)10-19(9-15)12-23(5-6-26-19)18-20-4-7-27-18/h4,7-8,15-16H,2-3,5-6,9-12H2,1H3,(H,21,22,25)/t15-,16+,19?. The van der Waals surface area contributed by atoms with E-state index >= 15 is 0 Å². The number of fused-ring (bicyclic) bond motifs is 2. The van der Waals surface area contributed by atoms with Crippen LogP contribution in [-0.2, 0) is 11.3 Å². The van der Waals surface area contributed by atoms with Crippen molar-refractivity contribution < 1.29 is 4.74 Å². The van der Waals surface area contributed by atoms with E-state index in [4.69, 9.17) is 4.74 Å². The number of piperidine rings is 1. The first kappa shape index (κ1) is 17.3. The molecule has 5 rings (SSSR count). The maximum absolute atomic E-state index is 11.8. The highest BCUT2D eigenvalue weighted by atomic mass is 32.1. The van der Waals surface area contributed by atoms with Gasteiger partial charge in [0.05, 0.1) is 17.9 Å². The number of H-pyrrole nitrogens is 1. The van der Waals surface area contributed by atoms with Crippen molar-refractivity contribution in [3.63, 3.8) is 0 Å². The van der Waals surface area contributed by atoms with Crippen LogP contribution in [0, 0.1) is 6.92 Å². The lowest BCUT2D eigenvalue weighted by Gasteiger charge is -2.50. The number of aromatic nitrogens is 3. The Morgan fingerprint density at radius 2 is 2.19 bits per heavy atom.